The second-order valence-corrected chi connectivity index (χ2v) is 7.39. The number of rotatable bonds is 4. The number of benzene rings is 1. The fourth-order valence-corrected chi connectivity index (χ4v) is 4.84. The molecule has 3 atom stereocenters. The Morgan fingerprint density at radius 1 is 0.955 bits per heavy atom. The molecule has 0 radical (unpaired) electrons. The molecule has 1 aliphatic heterocycles. The van der Waals surface area contributed by atoms with Crippen LogP contribution in [0.5, 0.6) is 0 Å². The van der Waals surface area contributed by atoms with E-state index in [4.69, 9.17) is 0 Å². The van der Waals surface area contributed by atoms with E-state index in [9.17, 15) is 0 Å². The minimum Gasteiger partial charge on any atom is -0.298 e. The highest BCUT2D eigenvalue weighted by Crippen LogP contribution is 2.46. The molecule has 118 valence electrons. The predicted molar refractivity (Wildman–Crippen MR) is 92.7 cm³/mol. The van der Waals surface area contributed by atoms with Crippen molar-refractivity contribution in [1.29, 1.82) is 0 Å². The lowest BCUT2D eigenvalue weighted by molar-refractivity contribution is 0.0765. The topological polar surface area (TPSA) is 6.48 Å². The summed E-state index contributed by atoms with van der Waals surface area (Å²) in [5.41, 5.74) is 1.31. The molecular formula is C20H28N2. The molecule has 1 saturated heterocycles. The summed E-state index contributed by atoms with van der Waals surface area (Å²) in [5, 5.41) is 0. The quantitative estimate of drug-likeness (QED) is 0.839. The van der Waals surface area contributed by atoms with Crippen molar-refractivity contribution in [1.82, 2.24) is 9.80 Å². The Labute approximate surface area is 134 Å². The molecule has 3 aliphatic rings. The molecular weight excluding hydrogens is 268 g/mol. The van der Waals surface area contributed by atoms with Crippen molar-refractivity contribution in [2.75, 3.05) is 32.7 Å². The minimum atomic E-state index is 0.931. The number of nitrogens with zero attached hydrogens (tertiary/aromatic N) is 2. The van der Waals surface area contributed by atoms with E-state index in [1.165, 1.54) is 57.4 Å². The summed E-state index contributed by atoms with van der Waals surface area (Å²) in [6.45, 7) is 6.15. The average molecular weight is 296 g/mol. The molecule has 2 aliphatic carbocycles. The van der Waals surface area contributed by atoms with Crippen LogP contribution in [0.1, 0.15) is 31.2 Å². The summed E-state index contributed by atoms with van der Waals surface area (Å²) in [6, 6.07) is 11.6. The number of piperazine rings is 1. The van der Waals surface area contributed by atoms with Crippen LogP contribution < -0.4 is 0 Å². The Hall–Kier alpha value is -1.12. The zero-order valence-corrected chi connectivity index (χ0v) is 13.5. The van der Waals surface area contributed by atoms with Crippen LogP contribution in [0.3, 0.4) is 0 Å². The summed E-state index contributed by atoms with van der Waals surface area (Å²) in [5.74, 6) is 2.11. The van der Waals surface area contributed by atoms with Crippen LogP contribution in [0.2, 0.25) is 0 Å². The monoisotopic (exact) mass is 296 g/mol. The van der Waals surface area contributed by atoms with Gasteiger partial charge in [-0.25, -0.2) is 0 Å². The minimum absolute atomic E-state index is 0.931. The van der Waals surface area contributed by atoms with E-state index in [1.54, 1.807) is 0 Å². The molecule has 2 saturated carbocycles. The third-order valence-corrected chi connectivity index (χ3v) is 6.05. The molecule has 4 rings (SSSR count). The molecule has 3 fully saturated rings. The van der Waals surface area contributed by atoms with Crippen LogP contribution in [-0.4, -0.2) is 48.6 Å². The SMILES string of the molecule is C(=Cc1ccccc1)CN1CCN(C2CC3CCC2C3)CC1. The zero-order valence-electron chi connectivity index (χ0n) is 13.5. The number of hydrogen-bond donors (Lipinski definition) is 0. The summed E-state index contributed by atoms with van der Waals surface area (Å²) >= 11 is 0. The van der Waals surface area contributed by atoms with Gasteiger partial charge >= 0.3 is 0 Å². The van der Waals surface area contributed by atoms with E-state index in [0.717, 1.165) is 24.4 Å². The smallest absolute Gasteiger partial charge is 0.0167 e. The molecule has 3 unspecified atom stereocenters. The number of fused-ring (bicyclic) bond motifs is 2. The third-order valence-electron chi connectivity index (χ3n) is 6.05. The van der Waals surface area contributed by atoms with Gasteiger partial charge in [0.25, 0.3) is 0 Å². The van der Waals surface area contributed by atoms with Crippen LogP contribution in [0.25, 0.3) is 6.08 Å². The molecule has 2 bridgehead atoms. The summed E-state index contributed by atoms with van der Waals surface area (Å²) in [6.07, 6.45) is 10.6. The Morgan fingerprint density at radius 3 is 2.45 bits per heavy atom. The van der Waals surface area contributed by atoms with E-state index in [1.807, 2.05) is 0 Å². The van der Waals surface area contributed by atoms with Crippen molar-refractivity contribution >= 4 is 6.08 Å². The van der Waals surface area contributed by atoms with Crippen molar-refractivity contribution in [3.05, 3.63) is 42.0 Å². The molecule has 0 amide bonds. The first-order valence-electron chi connectivity index (χ1n) is 9.06. The molecule has 1 aromatic rings. The van der Waals surface area contributed by atoms with Crippen LogP contribution >= 0.6 is 0 Å². The van der Waals surface area contributed by atoms with Gasteiger partial charge in [-0.3, -0.25) is 9.80 Å². The normalized spacial score (nSPS) is 33.0. The van der Waals surface area contributed by atoms with Crippen molar-refractivity contribution < 1.29 is 0 Å². The molecule has 1 heterocycles. The molecule has 2 heteroatoms. The van der Waals surface area contributed by atoms with Crippen LogP contribution in [-0.2, 0) is 0 Å². The van der Waals surface area contributed by atoms with Crippen molar-refractivity contribution in [3.8, 4) is 0 Å². The van der Waals surface area contributed by atoms with Gasteiger partial charge in [0.2, 0.25) is 0 Å². The molecule has 0 spiro atoms. The second kappa shape index (κ2) is 6.55. The Morgan fingerprint density at radius 2 is 1.77 bits per heavy atom. The molecule has 0 N–H and O–H groups in total. The lowest BCUT2D eigenvalue weighted by Gasteiger charge is -2.40. The van der Waals surface area contributed by atoms with Crippen LogP contribution in [0.15, 0.2) is 36.4 Å². The maximum absolute atomic E-state index is 2.81. The number of hydrogen-bond acceptors (Lipinski definition) is 2. The molecule has 22 heavy (non-hydrogen) atoms. The lowest BCUT2D eigenvalue weighted by Crippen LogP contribution is -2.51. The zero-order chi connectivity index (χ0) is 14.8. The van der Waals surface area contributed by atoms with Gasteiger partial charge in [-0.2, -0.15) is 0 Å². The largest absolute Gasteiger partial charge is 0.298 e. The van der Waals surface area contributed by atoms with Crippen molar-refractivity contribution in [3.63, 3.8) is 0 Å². The first-order valence-corrected chi connectivity index (χ1v) is 9.06. The lowest BCUT2D eigenvalue weighted by atomic mass is 9.93. The van der Waals surface area contributed by atoms with E-state index in [0.29, 0.717) is 0 Å². The van der Waals surface area contributed by atoms with E-state index >= 15 is 0 Å². The summed E-state index contributed by atoms with van der Waals surface area (Å²) in [4.78, 5) is 5.41. The van der Waals surface area contributed by atoms with Gasteiger partial charge in [0.15, 0.2) is 0 Å². The van der Waals surface area contributed by atoms with Gasteiger partial charge in [-0.1, -0.05) is 48.9 Å². The molecule has 2 nitrogen and oxygen atoms in total. The fourth-order valence-electron chi connectivity index (χ4n) is 4.84. The Balaban J connectivity index is 1.23. The molecule has 1 aromatic carbocycles. The molecule has 0 aromatic heterocycles. The van der Waals surface area contributed by atoms with Gasteiger partial charge in [0.1, 0.15) is 0 Å². The maximum atomic E-state index is 2.81. The third kappa shape index (κ3) is 3.13. The second-order valence-electron chi connectivity index (χ2n) is 7.39. The van der Waals surface area contributed by atoms with Gasteiger partial charge in [-0.15, -0.1) is 0 Å². The maximum Gasteiger partial charge on any atom is 0.0167 e. The van der Waals surface area contributed by atoms with Gasteiger partial charge in [0, 0.05) is 38.8 Å². The Kier molecular flexibility index (Phi) is 4.31. The van der Waals surface area contributed by atoms with E-state index in [2.05, 4.69) is 52.3 Å². The van der Waals surface area contributed by atoms with Crippen molar-refractivity contribution in [2.45, 2.75) is 31.7 Å². The van der Waals surface area contributed by atoms with Crippen LogP contribution in [0.4, 0.5) is 0 Å². The average Bonchev–Trinajstić information content (AvgIpc) is 3.20. The van der Waals surface area contributed by atoms with Crippen LogP contribution in [0, 0.1) is 11.8 Å². The van der Waals surface area contributed by atoms with Gasteiger partial charge in [-0.05, 0) is 36.7 Å². The van der Waals surface area contributed by atoms with E-state index in [-0.39, 0.29) is 0 Å². The first kappa shape index (κ1) is 14.5. The fraction of sp³-hybridized carbons (Fsp3) is 0.600. The highest BCUT2D eigenvalue weighted by atomic mass is 15.3. The van der Waals surface area contributed by atoms with Gasteiger partial charge < -0.3 is 0 Å². The predicted octanol–water partition coefficient (Wildman–Crippen LogP) is 3.51. The summed E-state index contributed by atoms with van der Waals surface area (Å²) < 4.78 is 0. The summed E-state index contributed by atoms with van der Waals surface area (Å²) in [7, 11) is 0. The Bertz CT molecular complexity index is 502. The first-order chi connectivity index (χ1) is 10.9. The van der Waals surface area contributed by atoms with E-state index < -0.39 is 0 Å². The highest BCUT2D eigenvalue weighted by molar-refractivity contribution is 5.48. The standard InChI is InChI=1S/C20H28N2/c1-2-5-17(6-3-1)7-4-10-21-11-13-22(14-12-21)20-16-18-8-9-19(20)15-18/h1-7,18-20H,8-16H2. The van der Waals surface area contributed by atoms with Gasteiger partial charge in [0.05, 0.1) is 0 Å². The van der Waals surface area contributed by atoms with Crippen molar-refractivity contribution in [2.24, 2.45) is 11.8 Å². The highest BCUT2D eigenvalue weighted by Gasteiger charge is 2.42.